The second-order valence-corrected chi connectivity index (χ2v) is 2.40. The maximum atomic E-state index is 5.30. The van der Waals surface area contributed by atoms with Gasteiger partial charge in [0, 0.05) is 17.2 Å². The van der Waals surface area contributed by atoms with E-state index in [0.29, 0.717) is 22.3 Å². The van der Waals surface area contributed by atoms with Crippen molar-refractivity contribution in [2.75, 3.05) is 0 Å². The van der Waals surface area contributed by atoms with E-state index in [0.717, 1.165) is 0 Å². The summed E-state index contributed by atoms with van der Waals surface area (Å²) in [5.41, 5.74) is 1.96. The Morgan fingerprint density at radius 2 is 1.50 bits per heavy atom. The molecule has 1 aromatic carbocycles. The Morgan fingerprint density at radius 1 is 0.857 bits per heavy atom. The molecule has 0 N–H and O–H groups in total. The molecular formula is C14H5. The molecule has 1 radical (unpaired) electrons. The van der Waals surface area contributed by atoms with Crippen molar-refractivity contribution in [3.63, 3.8) is 0 Å². The normalized spacial score (nSPS) is 7.71. The van der Waals surface area contributed by atoms with Crippen molar-refractivity contribution in [2.24, 2.45) is 0 Å². The lowest BCUT2D eigenvalue weighted by Gasteiger charge is -2.02. The fraction of sp³-hybridized carbons (Fsp3) is 0. The molecule has 0 aliphatic rings. The van der Waals surface area contributed by atoms with Gasteiger partial charge in [0.25, 0.3) is 0 Å². The molecule has 0 aliphatic carbocycles. The van der Waals surface area contributed by atoms with Gasteiger partial charge in [0.15, 0.2) is 0 Å². The highest BCUT2D eigenvalue weighted by Gasteiger charge is 2.07. The molecule has 0 unspecified atom stereocenters. The van der Waals surface area contributed by atoms with Crippen LogP contribution in [0.5, 0.6) is 0 Å². The quantitative estimate of drug-likeness (QED) is 0.520. The van der Waals surface area contributed by atoms with E-state index in [9.17, 15) is 0 Å². The van der Waals surface area contributed by atoms with Gasteiger partial charge >= 0.3 is 0 Å². The van der Waals surface area contributed by atoms with E-state index in [4.69, 9.17) is 25.7 Å². The Balaban J connectivity index is 3.70. The van der Waals surface area contributed by atoms with Crippen LogP contribution in [0.15, 0.2) is 6.07 Å². The molecule has 0 heteroatoms. The molecule has 0 spiro atoms. The Kier molecular flexibility index (Phi) is 2.67. The Morgan fingerprint density at radius 3 is 1.93 bits per heavy atom. The molecule has 0 atom stereocenters. The van der Waals surface area contributed by atoms with Crippen LogP contribution in [0.4, 0.5) is 0 Å². The third-order valence-electron chi connectivity index (χ3n) is 1.72. The van der Waals surface area contributed by atoms with Gasteiger partial charge in [0.05, 0.1) is 11.1 Å². The number of rotatable bonds is 0. The van der Waals surface area contributed by atoms with E-state index in [-0.39, 0.29) is 0 Å². The average Bonchev–Trinajstić information content (AvgIpc) is 2.26. The van der Waals surface area contributed by atoms with E-state index in [1.807, 2.05) is 0 Å². The van der Waals surface area contributed by atoms with Crippen LogP contribution in [0, 0.1) is 55.4 Å². The third-order valence-corrected chi connectivity index (χ3v) is 1.72. The van der Waals surface area contributed by atoms with Gasteiger partial charge in [-0.15, -0.1) is 25.7 Å². The molecule has 0 nitrogen and oxygen atoms in total. The van der Waals surface area contributed by atoms with Crippen molar-refractivity contribution in [2.45, 2.75) is 0 Å². The molecule has 0 saturated heterocycles. The number of benzene rings is 1. The second-order valence-electron chi connectivity index (χ2n) is 2.40. The van der Waals surface area contributed by atoms with Crippen LogP contribution < -0.4 is 0 Å². The van der Waals surface area contributed by atoms with E-state index >= 15 is 0 Å². The Bertz CT molecular complexity index is 481. The highest BCUT2D eigenvalue weighted by atomic mass is 14.1. The minimum absolute atomic E-state index is 0.463. The predicted octanol–water partition coefficient (Wildman–Crippen LogP) is 1.41. The van der Waals surface area contributed by atoms with Crippen LogP contribution in [0.3, 0.4) is 0 Å². The molecule has 0 aliphatic heterocycles. The minimum Gasteiger partial charge on any atom is -0.115 e. The topological polar surface area (TPSA) is 0 Å². The zero-order valence-corrected chi connectivity index (χ0v) is 7.39. The van der Waals surface area contributed by atoms with Crippen LogP contribution in [-0.2, 0) is 0 Å². The molecular weight excluding hydrogens is 168 g/mol. The summed E-state index contributed by atoms with van der Waals surface area (Å²) in [6.45, 7) is 0. The molecule has 0 aromatic heterocycles. The number of terminal acetylenes is 4. The Labute approximate surface area is 84.3 Å². The van der Waals surface area contributed by atoms with Gasteiger partial charge in [-0.1, -0.05) is 23.7 Å². The maximum absolute atomic E-state index is 5.30. The molecule has 1 aromatic rings. The lowest BCUT2D eigenvalue weighted by atomic mass is 9.97. The van der Waals surface area contributed by atoms with Crippen molar-refractivity contribution >= 4 is 0 Å². The van der Waals surface area contributed by atoms with Crippen molar-refractivity contribution in [1.29, 1.82) is 0 Å². The predicted molar refractivity (Wildman–Crippen MR) is 57.0 cm³/mol. The summed E-state index contributed by atoms with van der Waals surface area (Å²) in [5, 5.41) is 0. The van der Waals surface area contributed by atoms with Crippen LogP contribution in [0.25, 0.3) is 0 Å². The van der Waals surface area contributed by atoms with E-state index in [1.54, 1.807) is 6.07 Å². The SMILES string of the molecule is C#Cc1[c]cc(C#C)c(C#C)c1C#C. The number of hydrogen-bond acceptors (Lipinski definition) is 0. The highest BCUT2D eigenvalue weighted by molar-refractivity contribution is 5.63. The van der Waals surface area contributed by atoms with Crippen LogP contribution in [0.1, 0.15) is 22.3 Å². The van der Waals surface area contributed by atoms with Gasteiger partial charge in [-0.3, -0.25) is 0 Å². The summed E-state index contributed by atoms with van der Waals surface area (Å²) in [5.74, 6) is 9.71. The van der Waals surface area contributed by atoms with Crippen molar-refractivity contribution in [3.8, 4) is 49.4 Å². The molecule has 61 valence electrons. The highest BCUT2D eigenvalue weighted by Crippen LogP contribution is 2.16. The zero-order valence-electron chi connectivity index (χ0n) is 7.39. The van der Waals surface area contributed by atoms with Crippen molar-refractivity contribution < 1.29 is 0 Å². The zero-order chi connectivity index (χ0) is 10.6. The summed E-state index contributed by atoms with van der Waals surface area (Å²) < 4.78 is 0. The van der Waals surface area contributed by atoms with Crippen LogP contribution in [0.2, 0.25) is 0 Å². The summed E-state index contributed by atoms with van der Waals surface area (Å²) in [7, 11) is 0. The van der Waals surface area contributed by atoms with E-state index in [2.05, 4.69) is 29.7 Å². The molecule has 0 heterocycles. The van der Waals surface area contributed by atoms with Gasteiger partial charge < -0.3 is 0 Å². The van der Waals surface area contributed by atoms with E-state index < -0.39 is 0 Å². The first-order valence-corrected chi connectivity index (χ1v) is 3.73. The van der Waals surface area contributed by atoms with Gasteiger partial charge in [-0.25, -0.2) is 0 Å². The number of hydrogen-bond donors (Lipinski definition) is 0. The van der Waals surface area contributed by atoms with Gasteiger partial charge in [-0.2, -0.15) is 0 Å². The molecule has 0 amide bonds. The molecule has 0 fully saturated rings. The lowest BCUT2D eigenvalue weighted by Crippen LogP contribution is -1.93. The van der Waals surface area contributed by atoms with E-state index in [1.165, 1.54) is 0 Å². The largest absolute Gasteiger partial charge is 0.115 e. The van der Waals surface area contributed by atoms with Crippen molar-refractivity contribution in [3.05, 3.63) is 34.4 Å². The first kappa shape index (κ1) is 9.55. The fourth-order valence-electron chi connectivity index (χ4n) is 1.07. The van der Waals surface area contributed by atoms with Crippen LogP contribution >= 0.6 is 0 Å². The smallest absolute Gasteiger partial charge is 0.0574 e. The lowest BCUT2D eigenvalue weighted by molar-refractivity contribution is 1.50. The third kappa shape index (κ3) is 1.34. The standard InChI is InChI=1S/C14H5/c1-5-11-9-10-12(6-2)14(8-4)13(11)7-3/h1-4,9H. The average molecular weight is 173 g/mol. The maximum Gasteiger partial charge on any atom is 0.0574 e. The summed E-state index contributed by atoms with van der Waals surface area (Å²) in [6.07, 6.45) is 21.1. The van der Waals surface area contributed by atoms with Crippen LogP contribution in [-0.4, -0.2) is 0 Å². The molecule has 0 saturated carbocycles. The Hall–Kier alpha value is -2.54. The summed E-state index contributed by atoms with van der Waals surface area (Å²) in [6, 6.07) is 4.39. The summed E-state index contributed by atoms with van der Waals surface area (Å²) in [4.78, 5) is 0. The molecule has 14 heavy (non-hydrogen) atoms. The first-order chi connectivity index (χ1) is 6.78. The van der Waals surface area contributed by atoms with Gasteiger partial charge in [-0.05, 0) is 6.07 Å². The van der Waals surface area contributed by atoms with Gasteiger partial charge in [0.2, 0.25) is 0 Å². The monoisotopic (exact) mass is 173 g/mol. The van der Waals surface area contributed by atoms with Crippen molar-refractivity contribution in [1.82, 2.24) is 0 Å². The minimum atomic E-state index is 0.463. The molecule has 0 bridgehead atoms. The fourth-order valence-corrected chi connectivity index (χ4v) is 1.07. The first-order valence-electron chi connectivity index (χ1n) is 3.73. The van der Waals surface area contributed by atoms with Gasteiger partial charge in [0.1, 0.15) is 0 Å². The summed E-state index contributed by atoms with van der Waals surface area (Å²) >= 11 is 0. The second kappa shape index (κ2) is 3.92. The molecule has 1 rings (SSSR count).